The summed E-state index contributed by atoms with van der Waals surface area (Å²) in [5, 5.41) is 9.20. The number of benzene rings is 1. The molecule has 1 aromatic rings. The second kappa shape index (κ2) is 6.01. The van der Waals surface area contributed by atoms with Gasteiger partial charge >= 0.3 is 0 Å². The van der Waals surface area contributed by atoms with Crippen LogP contribution in [0.2, 0.25) is 0 Å². The van der Waals surface area contributed by atoms with Crippen LogP contribution < -0.4 is 0 Å². The quantitative estimate of drug-likeness (QED) is 0.846. The monoisotopic (exact) mass is 239 g/mol. The summed E-state index contributed by atoms with van der Waals surface area (Å²) in [6, 6.07) is 4.79. The van der Waals surface area contributed by atoms with Crippen molar-refractivity contribution in [3.05, 3.63) is 29.6 Å². The second-order valence-corrected chi connectivity index (χ2v) is 4.68. The zero-order chi connectivity index (χ0) is 13.0. The third kappa shape index (κ3) is 3.43. The summed E-state index contributed by atoms with van der Waals surface area (Å²) >= 11 is 0. The molecule has 2 atom stereocenters. The normalized spacial score (nSPS) is 14.9. The van der Waals surface area contributed by atoms with Gasteiger partial charge in [0.1, 0.15) is 11.6 Å². The fourth-order valence-corrected chi connectivity index (χ4v) is 2.08. The van der Waals surface area contributed by atoms with Crippen molar-refractivity contribution in [3.8, 4) is 5.75 Å². The molecule has 0 radical (unpaired) electrons. The van der Waals surface area contributed by atoms with Crippen LogP contribution in [-0.4, -0.2) is 23.1 Å². The van der Waals surface area contributed by atoms with Crippen LogP contribution in [0.4, 0.5) is 4.39 Å². The van der Waals surface area contributed by atoms with Crippen LogP contribution in [0.5, 0.6) is 5.75 Å². The Bertz CT molecular complexity index is 367. The lowest BCUT2D eigenvalue weighted by Crippen LogP contribution is -2.32. The van der Waals surface area contributed by atoms with E-state index in [2.05, 4.69) is 18.7 Å². The van der Waals surface area contributed by atoms with Gasteiger partial charge in [-0.3, -0.25) is 4.90 Å². The first kappa shape index (κ1) is 14.0. The Morgan fingerprint density at radius 3 is 2.53 bits per heavy atom. The third-order valence-corrected chi connectivity index (χ3v) is 3.45. The Morgan fingerprint density at radius 2 is 2.00 bits per heavy atom. The van der Waals surface area contributed by atoms with Gasteiger partial charge in [0.2, 0.25) is 0 Å². The number of halogens is 1. The lowest BCUT2D eigenvalue weighted by Gasteiger charge is -2.31. The molecule has 96 valence electrons. The van der Waals surface area contributed by atoms with Gasteiger partial charge in [-0.25, -0.2) is 4.39 Å². The molecule has 0 saturated heterocycles. The van der Waals surface area contributed by atoms with E-state index in [1.165, 1.54) is 12.1 Å². The summed E-state index contributed by atoms with van der Waals surface area (Å²) in [4.78, 5) is 2.17. The minimum absolute atomic E-state index is 0.0112. The Balaban J connectivity index is 2.84. The molecule has 1 aromatic carbocycles. The summed E-state index contributed by atoms with van der Waals surface area (Å²) in [7, 11) is 2.01. The van der Waals surface area contributed by atoms with Gasteiger partial charge in [0.05, 0.1) is 0 Å². The summed E-state index contributed by atoms with van der Waals surface area (Å²) < 4.78 is 13.7. The highest BCUT2D eigenvalue weighted by molar-refractivity contribution is 5.29. The number of hydrogen-bond donors (Lipinski definition) is 1. The van der Waals surface area contributed by atoms with E-state index in [0.29, 0.717) is 11.6 Å². The zero-order valence-electron chi connectivity index (χ0n) is 11.1. The maximum atomic E-state index is 13.7. The van der Waals surface area contributed by atoms with Gasteiger partial charge in [-0.05, 0) is 33.4 Å². The van der Waals surface area contributed by atoms with Crippen LogP contribution in [0.15, 0.2) is 18.2 Å². The molecule has 17 heavy (non-hydrogen) atoms. The lowest BCUT2D eigenvalue weighted by molar-refractivity contribution is 0.184. The van der Waals surface area contributed by atoms with E-state index in [1.54, 1.807) is 6.07 Å². The molecule has 2 nitrogen and oxygen atoms in total. The molecule has 0 amide bonds. The molecule has 0 saturated carbocycles. The van der Waals surface area contributed by atoms with Crippen molar-refractivity contribution in [2.75, 3.05) is 7.05 Å². The Morgan fingerprint density at radius 1 is 1.35 bits per heavy atom. The lowest BCUT2D eigenvalue weighted by atomic mass is 10.0. The van der Waals surface area contributed by atoms with E-state index in [1.807, 2.05) is 14.0 Å². The van der Waals surface area contributed by atoms with Gasteiger partial charge in [0.15, 0.2) is 0 Å². The Kier molecular flexibility index (Phi) is 4.94. The van der Waals surface area contributed by atoms with Crippen molar-refractivity contribution in [1.82, 2.24) is 4.90 Å². The maximum absolute atomic E-state index is 13.7. The predicted molar refractivity (Wildman–Crippen MR) is 68.6 cm³/mol. The molecule has 0 spiro atoms. The number of phenols is 1. The first-order chi connectivity index (χ1) is 7.97. The SMILES string of the molecule is CCCC(C)N(C)C(C)c1ccc(O)cc1F. The van der Waals surface area contributed by atoms with Gasteiger partial charge in [0.25, 0.3) is 0 Å². The summed E-state index contributed by atoms with van der Waals surface area (Å²) in [6.45, 7) is 6.29. The fraction of sp³-hybridized carbons (Fsp3) is 0.571. The van der Waals surface area contributed by atoms with Crippen molar-refractivity contribution in [2.24, 2.45) is 0 Å². The summed E-state index contributed by atoms with van der Waals surface area (Å²) in [6.07, 6.45) is 2.22. The third-order valence-electron chi connectivity index (χ3n) is 3.45. The van der Waals surface area contributed by atoms with Gasteiger partial charge < -0.3 is 5.11 Å². The first-order valence-electron chi connectivity index (χ1n) is 6.17. The van der Waals surface area contributed by atoms with Crippen molar-refractivity contribution < 1.29 is 9.50 Å². The predicted octanol–water partition coefficient (Wildman–Crippen LogP) is 3.71. The average molecular weight is 239 g/mol. The van der Waals surface area contributed by atoms with Gasteiger partial charge in [-0.2, -0.15) is 0 Å². The van der Waals surface area contributed by atoms with Crippen LogP contribution >= 0.6 is 0 Å². The molecule has 0 aliphatic carbocycles. The van der Waals surface area contributed by atoms with E-state index < -0.39 is 0 Å². The van der Waals surface area contributed by atoms with Crippen molar-refractivity contribution in [3.63, 3.8) is 0 Å². The van der Waals surface area contributed by atoms with E-state index >= 15 is 0 Å². The molecular formula is C14H22FNO. The van der Waals surface area contributed by atoms with Crippen LogP contribution in [0.1, 0.15) is 45.2 Å². The molecule has 0 fully saturated rings. The van der Waals surface area contributed by atoms with E-state index in [4.69, 9.17) is 0 Å². The van der Waals surface area contributed by atoms with Gasteiger partial charge in [0, 0.05) is 23.7 Å². The van der Waals surface area contributed by atoms with Gasteiger partial charge in [-0.1, -0.05) is 19.4 Å². The molecule has 0 aliphatic heterocycles. The molecule has 2 unspecified atom stereocenters. The molecule has 0 aliphatic rings. The number of phenolic OH excluding ortho intramolecular Hbond substituents is 1. The molecule has 0 aromatic heterocycles. The molecular weight excluding hydrogens is 217 g/mol. The summed E-state index contributed by atoms with van der Waals surface area (Å²) in [5.41, 5.74) is 0.633. The first-order valence-corrected chi connectivity index (χ1v) is 6.17. The standard InChI is InChI=1S/C14H22FNO/c1-5-6-10(2)16(4)11(3)13-8-7-12(17)9-14(13)15/h7-11,17H,5-6H2,1-4H3. The molecule has 1 N–H and O–H groups in total. The minimum Gasteiger partial charge on any atom is -0.508 e. The smallest absolute Gasteiger partial charge is 0.131 e. The highest BCUT2D eigenvalue weighted by Crippen LogP contribution is 2.26. The van der Waals surface area contributed by atoms with Crippen LogP contribution in [0.3, 0.4) is 0 Å². The second-order valence-electron chi connectivity index (χ2n) is 4.68. The highest BCUT2D eigenvalue weighted by Gasteiger charge is 2.19. The largest absolute Gasteiger partial charge is 0.508 e. The average Bonchev–Trinajstić information content (AvgIpc) is 2.27. The van der Waals surface area contributed by atoms with Crippen LogP contribution in [0.25, 0.3) is 0 Å². The molecule has 3 heteroatoms. The number of aromatic hydroxyl groups is 1. The van der Waals surface area contributed by atoms with Crippen molar-refractivity contribution in [1.29, 1.82) is 0 Å². The van der Waals surface area contributed by atoms with Crippen molar-refractivity contribution >= 4 is 0 Å². The Labute approximate surface area is 103 Å². The molecule has 1 rings (SSSR count). The minimum atomic E-state index is -0.340. The Hall–Kier alpha value is -1.09. The number of hydrogen-bond acceptors (Lipinski definition) is 2. The fourth-order valence-electron chi connectivity index (χ4n) is 2.08. The maximum Gasteiger partial charge on any atom is 0.131 e. The highest BCUT2D eigenvalue weighted by atomic mass is 19.1. The molecule has 0 heterocycles. The van der Waals surface area contributed by atoms with Crippen LogP contribution in [-0.2, 0) is 0 Å². The van der Waals surface area contributed by atoms with Gasteiger partial charge in [-0.15, -0.1) is 0 Å². The van der Waals surface area contributed by atoms with Crippen molar-refractivity contribution in [2.45, 2.75) is 45.7 Å². The molecule has 0 bridgehead atoms. The number of rotatable bonds is 5. The number of nitrogens with zero attached hydrogens (tertiary/aromatic N) is 1. The topological polar surface area (TPSA) is 23.5 Å². The van der Waals surface area contributed by atoms with E-state index in [-0.39, 0.29) is 17.6 Å². The van der Waals surface area contributed by atoms with Crippen LogP contribution in [0, 0.1) is 5.82 Å². The van der Waals surface area contributed by atoms with E-state index in [9.17, 15) is 9.50 Å². The van der Waals surface area contributed by atoms with E-state index in [0.717, 1.165) is 12.8 Å². The summed E-state index contributed by atoms with van der Waals surface area (Å²) in [5.74, 6) is -0.365. The zero-order valence-corrected chi connectivity index (χ0v) is 11.1.